The lowest BCUT2D eigenvalue weighted by molar-refractivity contribution is 0.317. The first kappa shape index (κ1) is 13.3. The van der Waals surface area contributed by atoms with Gasteiger partial charge in [-0.1, -0.05) is 12.1 Å². The van der Waals surface area contributed by atoms with E-state index in [1.807, 2.05) is 19.1 Å². The summed E-state index contributed by atoms with van der Waals surface area (Å²) >= 11 is 0. The topological polar surface area (TPSA) is 32.7 Å². The minimum Gasteiger partial charge on any atom is -0.504 e. The molecule has 0 saturated carbocycles. The Morgan fingerprint density at radius 3 is 2.95 bits per heavy atom. The fourth-order valence-corrected chi connectivity index (χ4v) is 3.75. The number of phenolic OH excluding ortho intramolecular Hbond substituents is 1. The zero-order chi connectivity index (χ0) is 14.2. The highest BCUT2D eigenvalue weighted by atomic mass is 16.5. The molecule has 108 valence electrons. The molecule has 3 heteroatoms. The molecule has 0 amide bonds. The van der Waals surface area contributed by atoms with Crippen LogP contribution in [-0.2, 0) is 5.41 Å². The molecule has 3 nitrogen and oxygen atoms in total. The van der Waals surface area contributed by atoms with Crippen molar-refractivity contribution in [2.45, 2.75) is 38.0 Å². The van der Waals surface area contributed by atoms with Crippen molar-refractivity contribution < 1.29 is 9.84 Å². The normalized spacial score (nSPS) is 25.3. The van der Waals surface area contributed by atoms with Crippen LogP contribution in [-0.4, -0.2) is 30.2 Å². The molecule has 20 heavy (non-hydrogen) atoms. The van der Waals surface area contributed by atoms with Gasteiger partial charge in [0.1, 0.15) is 0 Å². The number of nitrogens with zero attached hydrogens (tertiary/aromatic N) is 1. The highest BCUT2D eigenvalue weighted by molar-refractivity contribution is 5.48. The second kappa shape index (κ2) is 5.04. The van der Waals surface area contributed by atoms with Gasteiger partial charge >= 0.3 is 0 Å². The summed E-state index contributed by atoms with van der Waals surface area (Å²) < 4.78 is 5.43. The Hall–Kier alpha value is -1.64. The maximum atomic E-state index is 10.2. The van der Waals surface area contributed by atoms with Crippen molar-refractivity contribution in [3.63, 3.8) is 0 Å². The van der Waals surface area contributed by atoms with Gasteiger partial charge in [0.25, 0.3) is 0 Å². The van der Waals surface area contributed by atoms with E-state index in [0.717, 1.165) is 13.0 Å². The van der Waals surface area contributed by atoms with E-state index in [4.69, 9.17) is 4.74 Å². The number of hydrogen-bond donors (Lipinski definition) is 1. The summed E-state index contributed by atoms with van der Waals surface area (Å²) in [5.74, 6) is 0.846. The van der Waals surface area contributed by atoms with Crippen molar-refractivity contribution in [1.29, 1.82) is 0 Å². The van der Waals surface area contributed by atoms with Crippen molar-refractivity contribution in [2.24, 2.45) is 0 Å². The van der Waals surface area contributed by atoms with E-state index >= 15 is 0 Å². The standard InChI is InChI=1S/C17H23NO2/c1-3-20-15-8-7-13(12-14(15)19)17-9-5-4-6-16(17)18(2)11-10-17/h6-8,12,19H,3-5,9-11H2,1-2H3/t17-/m0/s1. The van der Waals surface area contributed by atoms with Crippen LogP contribution in [0.4, 0.5) is 0 Å². The minimum absolute atomic E-state index is 0.106. The maximum Gasteiger partial charge on any atom is 0.160 e. The zero-order valence-electron chi connectivity index (χ0n) is 12.4. The number of fused-ring (bicyclic) bond motifs is 1. The Balaban J connectivity index is 2.01. The molecule has 2 aliphatic rings. The number of allylic oxidation sites excluding steroid dienone is 2. The van der Waals surface area contributed by atoms with Crippen LogP contribution in [0.2, 0.25) is 0 Å². The van der Waals surface area contributed by atoms with Crippen molar-refractivity contribution in [3.8, 4) is 11.5 Å². The van der Waals surface area contributed by atoms with Gasteiger partial charge in [-0.2, -0.15) is 0 Å². The molecule has 3 rings (SSSR count). The molecule has 1 heterocycles. The zero-order valence-corrected chi connectivity index (χ0v) is 12.4. The second-order valence-corrected chi connectivity index (χ2v) is 5.85. The van der Waals surface area contributed by atoms with Gasteiger partial charge in [0, 0.05) is 24.7 Å². The fourth-order valence-electron chi connectivity index (χ4n) is 3.75. The molecule has 0 unspecified atom stereocenters. The first-order valence-corrected chi connectivity index (χ1v) is 7.55. The number of benzene rings is 1. The molecule has 1 saturated heterocycles. The summed E-state index contributed by atoms with van der Waals surface area (Å²) in [5, 5.41) is 10.2. The lowest BCUT2D eigenvalue weighted by atomic mass is 9.70. The molecule has 0 bridgehead atoms. The van der Waals surface area contributed by atoms with E-state index in [2.05, 4.69) is 24.1 Å². The summed E-state index contributed by atoms with van der Waals surface area (Å²) in [7, 11) is 2.17. The predicted octanol–water partition coefficient (Wildman–Crippen LogP) is 3.43. The Labute approximate surface area is 120 Å². The van der Waals surface area contributed by atoms with Crippen LogP contribution >= 0.6 is 0 Å². The Morgan fingerprint density at radius 1 is 1.35 bits per heavy atom. The number of phenols is 1. The number of ether oxygens (including phenoxy) is 1. The Bertz CT molecular complexity index is 538. The number of likely N-dealkylation sites (N-methyl/N-ethyl adjacent to an activating group) is 1. The average molecular weight is 273 g/mol. The van der Waals surface area contributed by atoms with E-state index in [9.17, 15) is 5.11 Å². The first-order chi connectivity index (χ1) is 9.67. The maximum absolute atomic E-state index is 10.2. The third-order valence-corrected chi connectivity index (χ3v) is 4.73. The lowest BCUT2D eigenvalue weighted by Gasteiger charge is -2.35. The Morgan fingerprint density at radius 2 is 2.20 bits per heavy atom. The lowest BCUT2D eigenvalue weighted by Crippen LogP contribution is -2.29. The van der Waals surface area contributed by atoms with E-state index in [-0.39, 0.29) is 11.2 Å². The molecule has 0 spiro atoms. The third kappa shape index (κ3) is 1.96. The Kier molecular flexibility index (Phi) is 3.36. The summed E-state index contributed by atoms with van der Waals surface area (Å²) in [6.45, 7) is 3.60. The monoisotopic (exact) mass is 273 g/mol. The molecule has 1 aromatic carbocycles. The van der Waals surface area contributed by atoms with Crippen molar-refractivity contribution in [2.75, 3.05) is 20.2 Å². The molecule has 1 aromatic rings. The molecule has 1 aliphatic carbocycles. The van der Waals surface area contributed by atoms with Gasteiger partial charge in [0.05, 0.1) is 6.61 Å². The number of hydrogen-bond acceptors (Lipinski definition) is 3. The summed E-state index contributed by atoms with van der Waals surface area (Å²) in [6, 6.07) is 5.94. The van der Waals surface area contributed by atoms with Gasteiger partial charge in [-0.25, -0.2) is 0 Å². The van der Waals surface area contributed by atoms with E-state index in [1.54, 1.807) is 0 Å². The van der Waals surface area contributed by atoms with E-state index < -0.39 is 0 Å². The van der Waals surface area contributed by atoms with Gasteiger partial charge in [0.15, 0.2) is 11.5 Å². The van der Waals surface area contributed by atoms with Gasteiger partial charge < -0.3 is 14.7 Å². The van der Waals surface area contributed by atoms with E-state index in [0.29, 0.717) is 12.4 Å². The fraction of sp³-hybridized carbons (Fsp3) is 0.529. The molecule has 1 aliphatic heterocycles. The number of likely N-dealkylation sites (tertiary alicyclic amines) is 1. The summed E-state index contributed by atoms with van der Waals surface area (Å²) in [6.07, 6.45) is 7.10. The minimum atomic E-state index is 0.106. The highest BCUT2D eigenvalue weighted by Gasteiger charge is 2.43. The third-order valence-electron chi connectivity index (χ3n) is 4.73. The molecule has 1 N–H and O–H groups in total. The van der Waals surface area contributed by atoms with Crippen LogP contribution in [0.15, 0.2) is 30.0 Å². The largest absolute Gasteiger partial charge is 0.504 e. The van der Waals surface area contributed by atoms with Gasteiger partial charge in [-0.05, 0) is 50.3 Å². The van der Waals surface area contributed by atoms with Crippen LogP contribution in [0.25, 0.3) is 0 Å². The van der Waals surface area contributed by atoms with Gasteiger partial charge in [-0.3, -0.25) is 0 Å². The molecular formula is C17H23NO2. The average Bonchev–Trinajstić information content (AvgIpc) is 2.80. The van der Waals surface area contributed by atoms with Crippen LogP contribution in [0.5, 0.6) is 11.5 Å². The number of aromatic hydroxyl groups is 1. The van der Waals surface area contributed by atoms with E-state index in [1.165, 1.54) is 30.5 Å². The van der Waals surface area contributed by atoms with Crippen LogP contribution in [0.1, 0.15) is 38.2 Å². The summed E-state index contributed by atoms with van der Waals surface area (Å²) in [5.41, 5.74) is 2.77. The van der Waals surface area contributed by atoms with Gasteiger partial charge in [-0.15, -0.1) is 0 Å². The van der Waals surface area contributed by atoms with Crippen LogP contribution < -0.4 is 4.74 Å². The molecule has 1 fully saturated rings. The van der Waals surface area contributed by atoms with Crippen LogP contribution in [0.3, 0.4) is 0 Å². The second-order valence-electron chi connectivity index (χ2n) is 5.85. The quantitative estimate of drug-likeness (QED) is 0.915. The number of rotatable bonds is 3. The van der Waals surface area contributed by atoms with Crippen LogP contribution in [0, 0.1) is 0 Å². The van der Waals surface area contributed by atoms with Gasteiger partial charge in [0.2, 0.25) is 0 Å². The molecule has 0 radical (unpaired) electrons. The SMILES string of the molecule is CCOc1ccc([C@@]23CCCC=C2N(C)CC3)cc1O. The smallest absolute Gasteiger partial charge is 0.160 e. The highest BCUT2D eigenvalue weighted by Crippen LogP contribution is 2.49. The van der Waals surface area contributed by atoms with Crippen molar-refractivity contribution in [1.82, 2.24) is 4.90 Å². The van der Waals surface area contributed by atoms with Crippen molar-refractivity contribution >= 4 is 0 Å². The molecule has 0 aromatic heterocycles. The first-order valence-electron chi connectivity index (χ1n) is 7.55. The molecular weight excluding hydrogens is 250 g/mol. The summed E-state index contributed by atoms with van der Waals surface area (Å²) in [4.78, 5) is 2.37. The predicted molar refractivity (Wildman–Crippen MR) is 80.1 cm³/mol. The van der Waals surface area contributed by atoms with Crippen molar-refractivity contribution in [3.05, 3.63) is 35.5 Å². The molecule has 1 atom stereocenters.